The van der Waals surface area contributed by atoms with E-state index in [4.69, 9.17) is 0 Å². The molecule has 1 aromatic carbocycles. The van der Waals surface area contributed by atoms with E-state index < -0.39 is 9.84 Å². The maximum Gasteiger partial charge on any atom is 0.268 e. The van der Waals surface area contributed by atoms with Crippen molar-refractivity contribution in [2.24, 2.45) is 7.05 Å². The monoisotopic (exact) mass is 370 g/mol. The number of aryl methyl sites for hydroxylation is 1. The molecule has 0 aliphatic carbocycles. The third-order valence-electron chi connectivity index (χ3n) is 3.01. The van der Waals surface area contributed by atoms with Gasteiger partial charge < -0.3 is 9.88 Å². The average Bonchev–Trinajstić information content (AvgIpc) is 2.74. The highest BCUT2D eigenvalue weighted by molar-refractivity contribution is 9.10. The molecule has 2 rings (SSSR count). The van der Waals surface area contributed by atoms with E-state index in [9.17, 15) is 13.2 Å². The zero-order valence-corrected chi connectivity index (χ0v) is 14.0. The molecule has 0 fully saturated rings. The fourth-order valence-electron chi connectivity index (χ4n) is 1.88. The van der Waals surface area contributed by atoms with Gasteiger partial charge >= 0.3 is 0 Å². The van der Waals surface area contributed by atoms with E-state index in [1.807, 2.05) is 0 Å². The number of nitrogens with one attached hydrogen (secondary N) is 1. The van der Waals surface area contributed by atoms with Crippen molar-refractivity contribution in [3.05, 3.63) is 52.3 Å². The summed E-state index contributed by atoms with van der Waals surface area (Å²) in [5.41, 5.74) is 1.39. The number of benzene rings is 1. The molecule has 0 aliphatic heterocycles. The van der Waals surface area contributed by atoms with Gasteiger partial charge in [0.15, 0.2) is 9.84 Å². The normalized spacial score (nSPS) is 11.4. The standard InChI is InChI=1S/C14H15BrN2O3S/c1-17-9-11(15)7-13(17)14(18)16-8-10-3-5-12(6-4-10)21(2,19)20/h3-7,9H,8H2,1-2H3,(H,16,18). The van der Waals surface area contributed by atoms with Crippen molar-refractivity contribution < 1.29 is 13.2 Å². The molecule has 2 aromatic rings. The van der Waals surface area contributed by atoms with E-state index in [0.717, 1.165) is 16.3 Å². The fraction of sp³-hybridized carbons (Fsp3) is 0.214. The molecule has 5 nitrogen and oxygen atoms in total. The lowest BCUT2D eigenvalue weighted by molar-refractivity contribution is 0.0943. The number of sulfone groups is 1. The van der Waals surface area contributed by atoms with Crippen molar-refractivity contribution in [3.8, 4) is 0 Å². The highest BCUT2D eigenvalue weighted by Gasteiger charge is 2.11. The van der Waals surface area contributed by atoms with Gasteiger partial charge in [-0.2, -0.15) is 0 Å². The van der Waals surface area contributed by atoms with Gasteiger partial charge in [0, 0.05) is 30.5 Å². The van der Waals surface area contributed by atoms with Gasteiger partial charge in [0.2, 0.25) is 0 Å². The minimum atomic E-state index is -3.19. The number of aromatic nitrogens is 1. The maximum atomic E-state index is 12.0. The third-order valence-corrected chi connectivity index (χ3v) is 4.57. The predicted octanol–water partition coefficient (Wildman–Crippen LogP) is 2.12. The smallest absolute Gasteiger partial charge is 0.268 e. The highest BCUT2D eigenvalue weighted by atomic mass is 79.9. The Morgan fingerprint density at radius 3 is 2.38 bits per heavy atom. The summed E-state index contributed by atoms with van der Waals surface area (Å²) in [6.45, 7) is 0.339. The lowest BCUT2D eigenvalue weighted by atomic mass is 10.2. The molecule has 0 saturated carbocycles. The number of carbonyl (C=O) groups is 1. The maximum absolute atomic E-state index is 12.0. The summed E-state index contributed by atoms with van der Waals surface area (Å²) < 4.78 is 25.3. The lowest BCUT2D eigenvalue weighted by Crippen LogP contribution is -2.24. The first-order valence-corrected chi connectivity index (χ1v) is 8.85. The van der Waals surface area contributed by atoms with Crippen LogP contribution in [0, 0.1) is 0 Å². The van der Waals surface area contributed by atoms with Gasteiger partial charge in [0.25, 0.3) is 5.91 Å². The summed E-state index contributed by atoms with van der Waals surface area (Å²) in [6.07, 6.45) is 2.97. The van der Waals surface area contributed by atoms with E-state index in [1.165, 1.54) is 12.1 Å². The SMILES string of the molecule is Cn1cc(Br)cc1C(=O)NCc1ccc(S(C)(=O)=O)cc1. The van der Waals surface area contributed by atoms with Gasteiger partial charge in [-0.15, -0.1) is 0 Å². The fourth-order valence-corrected chi connectivity index (χ4v) is 3.03. The lowest BCUT2D eigenvalue weighted by Gasteiger charge is -2.07. The number of amides is 1. The molecule has 1 aromatic heterocycles. The second kappa shape index (κ2) is 6.03. The van der Waals surface area contributed by atoms with Crippen LogP contribution in [-0.2, 0) is 23.4 Å². The Balaban J connectivity index is 2.03. The van der Waals surface area contributed by atoms with Crippen LogP contribution in [-0.4, -0.2) is 25.1 Å². The highest BCUT2D eigenvalue weighted by Crippen LogP contribution is 2.14. The number of nitrogens with zero attached hydrogens (tertiary/aromatic N) is 1. The minimum Gasteiger partial charge on any atom is -0.347 e. The van der Waals surface area contributed by atoms with Crippen LogP contribution in [0.25, 0.3) is 0 Å². The zero-order chi connectivity index (χ0) is 15.6. The Morgan fingerprint density at radius 1 is 1.29 bits per heavy atom. The zero-order valence-electron chi connectivity index (χ0n) is 11.6. The van der Waals surface area contributed by atoms with Gasteiger partial charge in [0.1, 0.15) is 5.69 Å². The van der Waals surface area contributed by atoms with E-state index in [2.05, 4.69) is 21.2 Å². The molecule has 7 heteroatoms. The molecule has 0 saturated heterocycles. The summed E-state index contributed by atoms with van der Waals surface area (Å²) in [4.78, 5) is 12.3. The van der Waals surface area contributed by atoms with Crippen LogP contribution in [0.1, 0.15) is 16.1 Å². The molecule has 112 valence electrons. The molecule has 0 bridgehead atoms. The number of hydrogen-bond acceptors (Lipinski definition) is 3. The number of carbonyl (C=O) groups excluding carboxylic acids is 1. The molecule has 0 radical (unpaired) electrons. The van der Waals surface area contributed by atoms with Gasteiger partial charge in [0.05, 0.1) is 4.90 Å². The number of halogens is 1. The third kappa shape index (κ3) is 3.95. The van der Waals surface area contributed by atoms with Crippen molar-refractivity contribution in [3.63, 3.8) is 0 Å². The largest absolute Gasteiger partial charge is 0.347 e. The van der Waals surface area contributed by atoms with Crippen LogP contribution >= 0.6 is 15.9 Å². The van der Waals surface area contributed by atoms with Crippen molar-refractivity contribution in [1.82, 2.24) is 9.88 Å². The van der Waals surface area contributed by atoms with Crippen molar-refractivity contribution in [2.75, 3.05) is 6.26 Å². The van der Waals surface area contributed by atoms with Crippen LogP contribution < -0.4 is 5.32 Å². The minimum absolute atomic E-state index is 0.185. The summed E-state index contributed by atoms with van der Waals surface area (Å²) >= 11 is 3.32. The molecule has 1 N–H and O–H groups in total. The Kier molecular flexibility index (Phi) is 4.53. The van der Waals surface area contributed by atoms with E-state index in [-0.39, 0.29) is 10.8 Å². The summed E-state index contributed by atoms with van der Waals surface area (Å²) in [5, 5.41) is 2.80. The second-order valence-electron chi connectivity index (χ2n) is 4.75. The molecule has 0 spiro atoms. The molecule has 21 heavy (non-hydrogen) atoms. The first kappa shape index (κ1) is 15.8. The van der Waals surface area contributed by atoms with Crippen LogP contribution in [0.5, 0.6) is 0 Å². The van der Waals surface area contributed by atoms with E-state index >= 15 is 0 Å². The molecule has 0 aliphatic rings. The summed E-state index contributed by atoms with van der Waals surface area (Å²) in [6, 6.07) is 8.20. The Morgan fingerprint density at radius 2 is 1.90 bits per heavy atom. The van der Waals surface area contributed by atoms with Crippen molar-refractivity contribution >= 4 is 31.7 Å². The van der Waals surface area contributed by atoms with Gasteiger partial charge in [-0.3, -0.25) is 4.79 Å². The van der Waals surface area contributed by atoms with Crippen LogP contribution in [0.4, 0.5) is 0 Å². The van der Waals surface area contributed by atoms with E-state index in [1.54, 1.807) is 36.0 Å². The molecule has 1 amide bonds. The Bertz CT molecular complexity index is 764. The summed E-state index contributed by atoms with van der Waals surface area (Å²) in [7, 11) is -1.40. The predicted molar refractivity (Wildman–Crippen MR) is 83.8 cm³/mol. The van der Waals surface area contributed by atoms with Crippen LogP contribution in [0.3, 0.4) is 0 Å². The molecule has 1 heterocycles. The molecule has 0 atom stereocenters. The summed E-state index contributed by atoms with van der Waals surface area (Å²) in [5.74, 6) is -0.185. The molecular formula is C14H15BrN2O3S. The van der Waals surface area contributed by atoms with Crippen LogP contribution in [0.2, 0.25) is 0 Å². The van der Waals surface area contributed by atoms with Gasteiger partial charge in [-0.05, 0) is 39.7 Å². The topological polar surface area (TPSA) is 68.2 Å². The Labute approximate surface area is 132 Å². The van der Waals surface area contributed by atoms with Crippen LogP contribution in [0.15, 0.2) is 45.9 Å². The van der Waals surface area contributed by atoms with Gasteiger partial charge in [-0.1, -0.05) is 12.1 Å². The van der Waals surface area contributed by atoms with E-state index in [0.29, 0.717) is 12.2 Å². The number of rotatable bonds is 4. The van der Waals surface area contributed by atoms with Crippen molar-refractivity contribution in [1.29, 1.82) is 0 Å². The van der Waals surface area contributed by atoms with Gasteiger partial charge in [-0.25, -0.2) is 8.42 Å². The first-order valence-electron chi connectivity index (χ1n) is 6.16. The molecular weight excluding hydrogens is 356 g/mol. The van der Waals surface area contributed by atoms with Crippen molar-refractivity contribution in [2.45, 2.75) is 11.4 Å². The first-order chi connectivity index (χ1) is 9.77. The quantitative estimate of drug-likeness (QED) is 0.895. The second-order valence-corrected chi connectivity index (χ2v) is 7.68. The Hall–Kier alpha value is -1.60. The number of hydrogen-bond donors (Lipinski definition) is 1. The molecule has 0 unspecified atom stereocenters. The average molecular weight is 371 g/mol.